The Balaban J connectivity index is 2.06. The Labute approximate surface area is 166 Å². The molecule has 0 saturated carbocycles. The third-order valence-electron chi connectivity index (χ3n) is 6.15. The molecule has 0 spiro atoms. The van der Waals surface area contributed by atoms with Crippen LogP contribution in [-0.2, 0) is 0 Å². The van der Waals surface area contributed by atoms with Crippen LogP contribution in [0.3, 0.4) is 0 Å². The molecule has 2 atom stereocenters. The number of nitriles is 2. The summed E-state index contributed by atoms with van der Waals surface area (Å²) in [6.07, 6.45) is 0. The quantitative estimate of drug-likeness (QED) is 0.533. The van der Waals surface area contributed by atoms with Crippen LogP contribution in [0.15, 0.2) is 48.5 Å². The molecule has 4 rings (SSSR count). The van der Waals surface area contributed by atoms with Crippen molar-refractivity contribution in [2.75, 3.05) is 0 Å². The minimum Gasteiger partial charge on any atom is -0.192 e. The summed E-state index contributed by atoms with van der Waals surface area (Å²) in [4.78, 5) is 0. The summed E-state index contributed by atoms with van der Waals surface area (Å²) in [5.74, 6) is 0.357. The van der Waals surface area contributed by atoms with Crippen molar-refractivity contribution in [1.82, 2.24) is 0 Å². The highest BCUT2D eigenvalue weighted by Gasteiger charge is 2.32. The molecule has 0 amide bonds. The molecule has 0 saturated heterocycles. The maximum atomic E-state index is 9.54. The number of hydrogen-bond acceptors (Lipinski definition) is 2. The predicted octanol–water partition coefficient (Wildman–Crippen LogP) is 6.00. The molecule has 2 heteroatoms. The van der Waals surface area contributed by atoms with Gasteiger partial charge in [-0.1, -0.05) is 43.3 Å². The Bertz CT molecular complexity index is 1190. The van der Waals surface area contributed by atoms with E-state index in [2.05, 4.69) is 68.5 Å². The summed E-state index contributed by atoms with van der Waals surface area (Å²) in [6, 6.07) is 21.7. The van der Waals surface area contributed by atoms with Crippen LogP contribution < -0.4 is 0 Å². The molecule has 0 bridgehead atoms. The Hall–Kier alpha value is -3.36. The summed E-state index contributed by atoms with van der Waals surface area (Å²) in [6.45, 7) is 8.33. The van der Waals surface area contributed by atoms with E-state index in [1.165, 1.54) is 27.8 Å². The number of hydrogen-bond donors (Lipinski definition) is 0. The first kappa shape index (κ1) is 18.0. The lowest BCUT2D eigenvalue weighted by Gasteiger charge is -2.34. The predicted molar refractivity (Wildman–Crippen MR) is 111 cm³/mol. The molecule has 1 aliphatic rings. The van der Waals surface area contributed by atoms with Crippen LogP contribution in [0.1, 0.15) is 74.4 Å². The summed E-state index contributed by atoms with van der Waals surface area (Å²) in [5.41, 5.74) is 11.0. The van der Waals surface area contributed by atoms with Gasteiger partial charge >= 0.3 is 0 Å². The summed E-state index contributed by atoms with van der Waals surface area (Å²) >= 11 is 0. The maximum absolute atomic E-state index is 9.54. The smallest absolute Gasteiger partial charge is 0.0994 e. The van der Waals surface area contributed by atoms with E-state index < -0.39 is 0 Å². The monoisotopic (exact) mass is 362 g/mol. The number of fused-ring (bicyclic) bond motifs is 2. The van der Waals surface area contributed by atoms with Crippen LogP contribution in [0, 0.1) is 43.4 Å². The minimum atomic E-state index is 0.111. The molecule has 136 valence electrons. The Kier molecular flexibility index (Phi) is 4.29. The standard InChI is InChI=1S/C26H22N2/c1-15-10-23(17(3)9-19(15)13-27)26-22-8-6-5-7-21(22)18(4)24-12-20(14-28)16(2)11-25(24)26/h5-12,18,26H,1-4H3. The van der Waals surface area contributed by atoms with E-state index >= 15 is 0 Å². The number of aryl methyl sites for hydroxylation is 3. The highest BCUT2D eigenvalue weighted by Crippen LogP contribution is 2.47. The lowest BCUT2D eigenvalue weighted by Crippen LogP contribution is -2.19. The van der Waals surface area contributed by atoms with Crippen molar-refractivity contribution in [3.63, 3.8) is 0 Å². The lowest BCUT2D eigenvalue weighted by atomic mass is 9.69. The fourth-order valence-electron chi connectivity index (χ4n) is 4.60. The van der Waals surface area contributed by atoms with E-state index in [4.69, 9.17) is 0 Å². The van der Waals surface area contributed by atoms with E-state index in [-0.39, 0.29) is 11.8 Å². The molecular formula is C26H22N2. The first-order valence-electron chi connectivity index (χ1n) is 9.60. The molecule has 0 heterocycles. The average Bonchev–Trinajstić information content (AvgIpc) is 2.70. The SMILES string of the molecule is Cc1cc(C2c3ccccc3C(C)c3cc(C#N)c(C)cc32)c(C)cc1C#N. The molecule has 3 aromatic carbocycles. The highest BCUT2D eigenvalue weighted by atomic mass is 14.4. The normalized spacial score (nSPS) is 17.2. The minimum absolute atomic E-state index is 0.111. The first-order chi connectivity index (χ1) is 13.5. The summed E-state index contributed by atoms with van der Waals surface area (Å²) in [5, 5.41) is 18.9. The molecule has 0 aromatic heterocycles. The fourth-order valence-corrected chi connectivity index (χ4v) is 4.60. The van der Waals surface area contributed by atoms with E-state index in [0.29, 0.717) is 0 Å². The van der Waals surface area contributed by atoms with Gasteiger partial charge in [-0.2, -0.15) is 10.5 Å². The maximum Gasteiger partial charge on any atom is 0.0994 e. The number of nitrogens with zero attached hydrogens (tertiary/aromatic N) is 2. The van der Waals surface area contributed by atoms with E-state index in [1.807, 2.05) is 19.9 Å². The molecule has 2 nitrogen and oxygen atoms in total. The van der Waals surface area contributed by atoms with Crippen LogP contribution in [0.5, 0.6) is 0 Å². The second-order valence-electron chi connectivity index (χ2n) is 7.83. The summed E-state index contributed by atoms with van der Waals surface area (Å²) in [7, 11) is 0. The Morgan fingerprint density at radius 3 is 1.86 bits per heavy atom. The van der Waals surface area contributed by atoms with Gasteiger partial charge in [-0.3, -0.25) is 0 Å². The van der Waals surface area contributed by atoms with E-state index in [9.17, 15) is 10.5 Å². The zero-order valence-corrected chi connectivity index (χ0v) is 16.7. The Morgan fingerprint density at radius 1 is 0.643 bits per heavy atom. The van der Waals surface area contributed by atoms with Crippen molar-refractivity contribution < 1.29 is 0 Å². The van der Waals surface area contributed by atoms with Gasteiger partial charge in [0, 0.05) is 11.8 Å². The first-order valence-corrected chi connectivity index (χ1v) is 9.60. The van der Waals surface area contributed by atoms with Crippen LogP contribution in [0.2, 0.25) is 0 Å². The molecule has 2 unspecified atom stereocenters. The van der Waals surface area contributed by atoms with Crippen molar-refractivity contribution in [1.29, 1.82) is 10.5 Å². The van der Waals surface area contributed by atoms with Crippen LogP contribution in [0.25, 0.3) is 0 Å². The van der Waals surface area contributed by atoms with Crippen LogP contribution >= 0.6 is 0 Å². The second-order valence-corrected chi connectivity index (χ2v) is 7.83. The molecule has 1 aliphatic carbocycles. The lowest BCUT2D eigenvalue weighted by molar-refractivity contribution is 0.788. The summed E-state index contributed by atoms with van der Waals surface area (Å²) < 4.78 is 0. The third kappa shape index (κ3) is 2.62. The van der Waals surface area contributed by atoms with Gasteiger partial charge in [0.05, 0.1) is 23.3 Å². The van der Waals surface area contributed by atoms with E-state index in [1.54, 1.807) is 0 Å². The molecule has 0 aliphatic heterocycles. The van der Waals surface area contributed by atoms with Crippen LogP contribution in [-0.4, -0.2) is 0 Å². The van der Waals surface area contributed by atoms with Gasteiger partial charge < -0.3 is 0 Å². The van der Waals surface area contributed by atoms with Gasteiger partial charge in [-0.25, -0.2) is 0 Å². The van der Waals surface area contributed by atoms with Crippen molar-refractivity contribution in [2.24, 2.45) is 0 Å². The number of benzene rings is 3. The molecule has 0 N–H and O–H groups in total. The molecule has 3 aromatic rings. The third-order valence-corrected chi connectivity index (χ3v) is 6.15. The average molecular weight is 362 g/mol. The van der Waals surface area contributed by atoms with E-state index in [0.717, 1.165) is 27.8 Å². The number of rotatable bonds is 1. The van der Waals surface area contributed by atoms with Gasteiger partial charge in [0.15, 0.2) is 0 Å². The topological polar surface area (TPSA) is 47.6 Å². The van der Waals surface area contributed by atoms with Crippen molar-refractivity contribution in [3.8, 4) is 12.1 Å². The van der Waals surface area contributed by atoms with Gasteiger partial charge in [0.25, 0.3) is 0 Å². The highest BCUT2D eigenvalue weighted by molar-refractivity contribution is 5.62. The zero-order valence-electron chi connectivity index (χ0n) is 16.7. The molecular weight excluding hydrogens is 340 g/mol. The zero-order chi connectivity index (χ0) is 20.0. The molecule has 28 heavy (non-hydrogen) atoms. The molecule has 0 fully saturated rings. The fraction of sp³-hybridized carbons (Fsp3) is 0.231. The van der Waals surface area contributed by atoms with Gasteiger partial charge in [0.1, 0.15) is 0 Å². The van der Waals surface area contributed by atoms with Crippen molar-refractivity contribution in [3.05, 3.63) is 104 Å². The van der Waals surface area contributed by atoms with Gasteiger partial charge in [-0.05, 0) is 77.4 Å². The second kappa shape index (κ2) is 6.66. The molecule has 0 radical (unpaired) electrons. The largest absolute Gasteiger partial charge is 0.192 e. The van der Waals surface area contributed by atoms with Gasteiger partial charge in [0.2, 0.25) is 0 Å². The Morgan fingerprint density at radius 2 is 1.21 bits per heavy atom. The van der Waals surface area contributed by atoms with Crippen molar-refractivity contribution >= 4 is 0 Å². The van der Waals surface area contributed by atoms with Crippen molar-refractivity contribution in [2.45, 2.75) is 39.5 Å². The van der Waals surface area contributed by atoms with Gasteiger partial charge in [-0.15, -0.1) is 0 Å². The van der Waals surface area contributed by atoms with Crippen LogP contribution in [0.4, 0.5) is 0 Å².